The Morgan fingerprint density at radius 3 is 2.68 bits per heavy atom. The zero-order chi connectivity index (χ0) is 15.4. The van der Waals surface area contributed by atoms with E-state index >= 15 is 0 Å². The third-order valence-corrected chi connectivity index (χ3v) is 4.96. The summed E-state index contributed by atoms with van der Waals surface area (Å²) < 4.78 is 0. The van der Waals surface area contributed by atoms with E-state index in [-0.39, 0.29) is 0 Å². The summed E-state index contributed by atoms with van der Waals surface area (Å²) in [5.74, 6) is 0.332. The molecule has 0 aromatic heterocycles. The maximum absolute atomic E-state index is 12.3. The second-order valence-corrected chi connectivity index (χ2v) is 6.49. The molecule has 2 aliphatic heterocycles. The number of hydrogen-bond acceptors (Lipinski definition) is 3. The lowest BCUT2D eigenvalue weighted by molar-refractivity contribution is -0.131. The third kappa shape index (κ3) is 3.61. The van der Waals surface area contributed by atoms with Crippen molar-refractivity contribution >= 4 is 11.6 Å². The molecule has 1 N–H and O–H groups in total. The van der Waals surface area contributed by atoms with Crippen LogP contribution in [0, 0.1) is 6.92 Å². The van der Waals surface area contributed by atoms with E-state index in [9.17, 15) is 4.79 Å². The fourth-order valence-electron chi connectivity index (χ4n) is 3.57. The lowest BCUT2D eigenvalue weighted by Gasteiger charge is -2.37. The standard InChI is InChI=1S/C18H27N3O/c1-15-5-2-3-7-17(15)20-11-13-21(14-12-20)18(22)9-8-16-6-4-10-19-16/h2-3,5,7,16,19H,4,6,8-14H2,1H3. The van der Waals surface area contributed by atoms with Crippen LogP contribution in [0.5, 0.6) is 0 Å². The van der Waals surface area contributed by atoms with Gasteiger partial charge in [0, 0.05) is 44.3 Å². The second-order valence-electron chi connectivity index (χ2n) is 6.49. The van der Waals surface area contributed by atoms with E-state index in [0.29, 0.717) is 18.4 Å². The number of hydrogen-bond donors (Lipinski definition) is 1. The Labute approximate surface area is 133 Å². The zero-order valence-electron chi connectivity index (χ0n) is 13.6. The van der Waals surface area contributed by atoms with Crippen molar-refractivity contribution < 1.29 is 4.79 Å². The summed E-state index contributed by atoms with van der Waals surface area (Å²) in [6.45, 7) is 6.86. The summed E-state index contributed by atoms with van der Waals surface area (Å²) in [5, 5.41) is 3.47. The summed E-state index contributed by atoms with van der Waals surface area (Å²) in [6, 6.07) is 9.07. The third-order valence-electron chi connectivity index (χ3n) is 4.96. The molecule has 3 rings (SSSR count). The van der Waals surface area contributed by atoms with Crippen molar-refractivity contribution in [2.24, 2.45) is 0 Å². The Morgan fingerprint density at radius 2 is 2.00 bits per heavy atom. The quantitative estimate of drug-likeness (QED) is 0.926. The minimum atomic E-state index is 0.332. The first kappa shape index (κ1) is 15.3. The highest BCUT2D eigenvalue weighted by molar-refractivity contribution is 5.76. The first-order valence-corrected chi connectivity index (χ1v) is 8.56. The smallest absolute Gasteiger partial charge is 0.222 e. The fourth-order valence-corrected chi connectivity index (χ4v) is 3.57. The van der Waals surface area contributed by atoms with Crippen molar-refractivity contribution in [1.82, 2.24) is 10.2 Å². The zero-order valence-corrected chi connectivity index (χ0v) is 13.6. The maximum atomic E-state index is 12.3. The Balaban J connectivity index is 1.46. The molecular formula is C18H27N3O. The van der Waals surface area contributed by atoms with E-state index in [2.05, 4.69) is 41.4 Å². The Bertz CT molecular complexity index is 503. The highest BCUT2D eigenvalue weighted by atomic mass is 16.2. The minimum absolute atomic E-state index is 0.332. The van der Waals surface area contributed by atoms with Crippen LogP contribution in [0.3, 0.4) is 0 Å². The SMILES string of the molecule is Cc1ccccc1N1CCN(C(=O)CCC2CCCN2)CC1. The summed E-state index contributed by atoms with van der Waals surface area (Å²) in [6.07, 6.45) is 4.18. The number of aryl methyl sites for hydroxylation is 1. The normalized spacial score (nSPS) is 22.1. The minimum Gasteiger partial charge on any atom is -0.368 e. The van der Waals surface area contributed by atoms with Crippen molar-refractivity contribution in [3.8, 4) is 0 Å². The highest BCUT2D eigenvalue weighted by Crippen LogP contribution is 2.21. The molecule has 2 fully saturated rings. The van der Waals surface area contributed by atoms with Crippen LogP contribution in [0.4, 0.5) is 5.69 Å². The fraction of sp³-hybridized carbons (Fsp3) is 0.611. The van der Waals surface area contributed by atoms with E-state index in [4.69, 9.17) is 0 Å². The molecule has 1 aromatic carbocycles. The molecule has 4 heteroatoms. The summed E-state index contributed by atoms with van der Waals surface area (Å²) in [7, 11) is 0. The van der Waals surface area contributed by atoms with Crippen LogP contribution in [0.15, 0.2) is 24.3 Å². The van der Waals surface area contributed by atoms with E-state index in [1.54, 1.807) is 0 Å². The molecule has 2 aliphatic rings. The van der Waals surface area contributed by atoms with Gasteiger partial charge in [-0.25, -0.2) is 0 Å². The topological polar surface area (TPSA) is 35.6 Å². The van der Waals surface area contributed by atoms with Crippen LogP contribution in [0.2, 0.25) is 0 Å². The van der Waals surface area contributed by atoms with E-state index < -0.39 is 0 Å². The Kier molecular flexibility index (Phi) is 4.98. The molecule has 1 atom stereocenters. The molecule has 1 unspecified atom stereocenters. The molecule has 0 aliphatic carbocycles. The molecule has 1 aromatic rings. The monoisotopic (exact) mass is 301 g/mol. The number of para-hydroxylation sites is 1. The number of benzene rings is 1. The van der Waals surface area contributed by atoms with Crippen LogP contribution >= 0.6 is 0 Å². The van der Waals surface area contributed by atoms with E-state index in [1.807, 2.05) is 4.90 Å². The summed E-state index contributed by atoms with van der Waals surface area (Å²) >= 11 is 0. The van der Waals surface area contributed by atoms with Crippen molar-refractivity contribution in [1.29, 1.82) is 0 Å². The highest BCUT2D eigenvalue weighted by Gasteiger charge is 2.23. The number of carbonyl (C=O) groups excluding carboxylic acids is 1. The Morgan fingerprint density at radius 1 is 1.23 bits per heavy atom. The van der Waals surface area contributed by atoms with Gasteiger partial charge in [0.05, 0.1) is 0 Å². The molecule has 1 amide bonds. The summed E-state index contributed by atoms with van der Waals surface area (Å²) in [5.41, 5.74) is 2.62. The predicted molar refractivity (Wildman–Crippen MR) is 90.2 cm³/mol. The van der Waals surface area contributed by atoms with E-state index in [1.165, 1.54) is 24.1 Å². The van der Waals surface area contributed by atoms with Crippen molar-refractivity contribution in [2.45, 2.75) is 38.6 Å². The van der Waals surface area contributed by atoms with Gasteiger partial charge in [-0.2, -0.15) is 0 Å². The molecule has 0 bridgehead atoms. The number of rotatable bonds is 4. The van der Waals surface area contributed by atoms with Crippen LogP contribution in [0.1, 0.15) is 31.2 Å². The molecule has 0 radical (unpaired) electrons. The predicted octanol–water partition coefficient (Wildman–Crippen LogP) is 2.18. The van der Waals surface area contributed by atoms with Crippen molar-refractivity contribution in [2.75, 3.05) is 37.6 Å². The van der Waals surface area contributed by atoms with Gasteiger partial charge in [-0.15, -0.1) is 0 Å². The molecule has 2 saturated heterocycles. The van der Waals surface area contributed by atoms with Gasteiger partial charge in [-0.05, 0) is 44.4 Å². The average molecular weight is 301 g/mol. The van der Waals surface area contributed by atoms with Gasteiger partial charge in [-0.1, -0.05) is 18.2 Å². The van der Waals surface area contributed by atoms with Crippen LogP contribution in [0.25, 0.3) is 0 Å². The van der Waals surface area contributed by atoms with Crippen molar-refractivity contribution in [3.05, 3.63) is 29.8 Å². The maximum Gasteiger partial charge on any atom is 0.222 e. The van der Waals surface area contributed by atoms with Gasteiger partial charge >= 0.3 is 0 Å². The molecule has 4 nitrogen and oxygen atoms in total. The molecule has 120 valence electrons. The van der Waals surface area contributed by atoms with E-state index in [0.717, 1.165) is 39.1 Å². The van der Waals surface area contributed by atoms with Crippen molar-refractivity contribution in [3.63, 3.8) is 0 Å². The van der Waals surface area contributed by atoms with Gasteiger partial charge in [0.1, 0.15) is 0 Å². The van der Waals surface area contributed by atoms with Crippen LogP contribution < -0.4 is 10.2 Å². The lowest BCUT2D eigenvalue weighted by Crippen LogP contribution is -2.49. The van der Waals surface area contributed by atoms with Gasteiger partial charge in [0.2, 0.25) is 5.91 Å². The average Bonchev–Trinajstić information content (AvgIpc) is 3.07. The van der Waals surface area contributed by atoms with Gasteiger partial charge in [0.25, 0.3) is 0 Å². The summed E-state index contributed by atoms with van der Waals surface area (Å²) in [4.78, 5) is 16.8. The molecule has 0 spiro atoms. The second kappa shape index (κ2) is 7.14. The van der Waals surface area contributed by atoms with Gasteiger partial charge < -0.3 is 15.1 Å². The Hall–Kier alpha value is -1.55. The molecule has 2 heterocycles. The molecule has 22 heavy (non-hydrogen) atoms. The number of nitrogens with zero attached hydrogens (tertiary/aromatic N) is 2. The first-order chi connectivity index (χ1) is 10.7. The number of nitrogens with one attached hydrogen (secondary N) is 1. The van der Waals surface area contributed by atoms with Gasteiger partial charge in [0.15, 0.2) is 0 Å². The van der Waals surface area contributed by atoms with Gasteiger partial charge in [-0.3, -0.25) is 4.79 Å². The van der Waals surface area contributed by atoms with Crippen LogP contribution in [-0.2, 0) is 4.79 Å². The van der Waals surface area contributed by atoms with Crippen LogP contribution in [-0.4, -0.2) is 49.6 Å². The molecule has 0 saturated carbocycles. The molecular weight excluding hydrogens is 274 g/mol. The number of piperazine rings is 1. The number of anilines is 1. The largest absolute Gasteiger partial charge is 0.368 e. The lowest BCUT2D eigenvalue weighted by atomic mass is 10.1. The number of amides is 1. The first-order valence-electron chi connectivity index (χ1n) is 8.56. The number of carbonyl (C=O) groups is 1.